The fourth-order valence-electron chi connectivity index (χ4n) is 2.41. The SMILES string of the molecule is COc1ccc2nc(SCC3(CS)CCC3)[nH]c2c1. The Morgan fingerprint density at radius 2 is 2.32 bits per heavy atom. The maximum atomic E-state index is 5.23. The van der Waals surface area contributed by atoms with Gasteiger partial charge >= 0.3 is 0 Å². The number of H-pyrrole nitrogens is 1. The number of hydrogen-bond acceptors (Lipinski definition) is 4. The topological polar surface area (TPSA) is 37.9 Å². The number of aromatic nitrogens is 2. The number of rotatable bonds is 5. The van der Waals surface area contributed by atoms with Crippen LogP contribution in [-0.2, 0) is 0 Å². The van der Waals surface area contributed by atoms with Crippen molar-refractivity contribution in [1.29, 1.82) is 0 Å². The summed E-state index contributed by atoms with van der Waals surface area (Å²) in [6.45, 7) is 0. The van der Waals surface area contributed by atoms with Crippen molar-refractivity contribution in [2.75, 3.05) is 18.6 Å². The molecule has 0 bridgehead atoms. The highest BCUT2D eigenvalue weighted by atomic mass is 32.2. The number of methoxy groups -OCH3 is 1. The second-order valence-electron chi connectivity index (χ2n) is 5.23. The van der Waals surface area contributed by atoms with Crippen LogP contribution in [0.25, 0.3) is 11.0 Å². The summed E-state index contributed by atoms with van der Waals surface area (Å²) < 4.78 is 5.23. The van der Waals surface area contributed by atoms with Crippen LogP contribution >= 0.6 is 24.4 Å². The first-order valence-corrected chi connectivity index (χ1v) is 8.14. The van der Waals surface area contributed by atoms with Crippen LogP contribution in [-0.4, -0.2) is 28.6 Å². The van der Waals surface area contributed by atoms with E-state index in [4.69, 9.17) is 4.74 Å². The van der Waals surface area contributed by atoms with E-state index in [9.17, 15) is 0 Å². The Balaban J connectivity index is 1.74. The molecule has 0 radical (unpaired) electrons. The third-order valence-corrected chi connectivity index (χ3v) is 5.83. The Hall–Kier alpha value is -0.810. The van der Waals surface area contributed by atoms with Gasteiger partial charge < -0.3 is 9.72 Å². The van der Waals surface area contributed by atoms with Gasteiger partial charge in [-0.2, -0.15) is 12.6 Å². The molecule has 1 aromatic carbocycles. The first kappa shape index (κ1) is 13.2. The van der Waals surface area contributed by atoms with Crippen molar-refractivity contribution in [3.05, 3.63) is 18.2 Å². The lowest BCUT2D eigenvalue weighted by molar-refractivity contribution is 0.205. The largest absolute Gasteiger partial charge is 0.497 e. The number of nitrogens with zero attached hydrogens (tertiary/aromatic N) is 1. The van der Waals surface area contributed by atoms with Crippen LogP contribution in [0.1, 0.15) is 19.3 Å². The van der Waals surface area contributed by atoms with Gasteiger partial charge in [-0.1, -0.05) is 18.2 Å². The second kappa shape index (κ2) is 5.29. The Kier molecular flexibility index (Phi) is 3.67. The zero-order valence-corrected chi connectivity index (χ0v) is 12.7. The molecule has 1 aliphatic carbocycles. The van der Waals surface area contributed by atoms with Crippen LogP contribution in [0, 0.1) is 5.41 Å². The number of nitrogens with one attached hydrogen (secondary N) is 1. The Labute approximate surface area is 122 Å². The minimum atomic E-state index is 0.435. The zero-order valence-electron chi connectivity index (χ0n) is 11.0. The molecule has 1 saturated carbocycles. The number of fused-ring (bicyclic) bond motifs is 1. The molecular formula is C14H18N2OS2. The maximum absolute atomic E-state index is 5.23. The highest BCUT2D eigenvalue weighted by Crippen LogP contribution is 2.45. The molecule has 0 saturated heterocycles. The van der Waals surface area contributed by atoms with Crippen LogP contribution < -0.4 is 4.74 Å². The molecule has 1 aliphatic rings. The minimum Gasteiger partial charge on any atom is -0.497 e. The van der Waals surface area contributed by atoms with E-state index in [1.165, 1.54) is 19.3 Å². The van der Waals surface area contributed by atoms with E-state index in [0.717, 1.165) is 33.4 Å². The summed E-state index contributed by atoms with van der Waals surface area (Å²) in [6, 6.07) is 5.93. The molecule has 0 spiro atoms. The molecule has 1 N–H and O–H groups in total. The number of thiol groups is 1. The zero-order chi connectivity index (χ0) is 13.3. The van der Waals surface area contributed by atoms with Gasteiger partial charge in [0.25, 0.3) is 0 Å². The van der Waals surface area contributed by atoms with Crippen molar-refractivity contribution in [3.8, 4) is 5.75 Å². The summed E-state index contributed by atoms with van der Waals surface area (Å²) in [5.74, 6) is 2.94. The van der Waals surface area contributed by atoms with Crippen molar-refractivity contribution >= 4 is 35.4 Å². The molecule has 1 heterocycles. The van der Waals surface area contributed by atoms with E-state index in [0.29, 0.717) is 5.41 Å². The molecule has 0 aliphatic heterocycles. The fourth-order valence-corrected chi connectivity index (χ4v) is 4.16. The van der Waals surface area contributed by atoms with Crippen molar-refractivity contribution in [1.82, 2.24) is 9.97 Å². The lowest BCUT2D eigenvalue weighted by Gasteiger charge is -2.40. The van der Waals surface area contributed by atoms with E-state index < -0.39 is 0 Å². The van der Waals surface area contributed by atoms with Crippen LogP contribution in [0.3, 0.4) is 0 Å². The number of aromatic amines is 1. The van der Waals surface area contributed by atoms with Crippen LogP contribution in [0.15, 0.2) is 23.4 Å². The molecule has 102 valence electrons. The first-order chi connectivity index (χ1) is 9.24. The first-order valence-electron chi connectivity index (χ1n) is 6.52. The number of ether oxygens (including phenoxy) is 1. The van der Waals surface area contributed by atoms with E-state index in [1.54, 1.807) is 7.11 Å². The van der Waals surface area contributed by atoms with Crippen molar-refractivity contribution in [2.45, 2.75) is 24.4 Å². The van der Waals surface area contributed by atoms with E-state index in [1.807, 2.05) is 30.0 Å². The molecule has 5 heteroatoms. The van der Waals surface area contributed by atoms with Gasteiger partial charge in [-0.15, -0.1) is 0 Å². The van der Waals surface area contributed by atoms with Crippen molar-refractivity contribution in [3.63, 3.8) is 0 Å². The second-order valence-corrected chi connectivity index (χ2v) is 6.51. The Morgan fingerprint density at radius 1 is 1.47 bits per heavy atom. The quantitative estimate of drug-likeness (QED) is 0.651. The molecule has 1 aromatic heterocycles. The molecule has 0 atom stereocenters. The molecule has 3 rings (SSSR count). The fraction of sp³-hybridized carbons (Fsp3) is 0.500. The molecule has 1 fully saturated rings. The monoisotopic (exact) mass is 294 g/mol. The summed E-state index contributed by atoms with van der Waals surface area (Å²) in [7, 11) is 1.68. The van der Waals surface area contributed by atoms with Gasteiger partial charge in [0.2, 0.25) is 0 Å². The van der Waals surface area contributed by atoms with Crippen molar-refractivity contribution in [2.24, 2.45) is 5.41 Å². The molecule has 0 amide bonds. The Morgan fingerprint density at radius 3 is 2.95 bits per heavy atom. The lowest BCUT2D eigenvalue weighted by Crippen LogP contribution is -2.33. The number of hydrogen-bond donors (Lipinski definition) is 2. The summed E-state index contributed by atoms with van der Waals surface area (Å²) in [5.41, 5.74) is 2.47. The number of imidazole rings is 1. The van der Waals surface area contributed by atoms with Crippen LogP contribution in [0.4, 0.5) is 0 Å². The third kappa shape index (κ3) is 2.58. The average molecular weight is 294 g/mol. The van der Waals surface area contributed by atoms with Gasteiger partial charge in [-0.05, 0) is 36.1 Å². The summed E-state index contributed by atoms with van der Waals surface area (Å²) >= 11 is 6.31. The summed E-state index contributed by atoms with van der Waals surface area (Å²) in [6.07, 6.45) is 3.95. The molecule has 2 aromatic rings. The number of thioether (sulfide) groups is 1. The van der Waals surface area contributed by atoms with Gasteiger partial charge in [0.15, 0.2) is 5.16 Å². The predicted octanol–water partition coefficient (Wildman–Crippen LogP) is 3.76. The van der Waals surface area contributed by atoms with Crippen molar-refractivity contribution < 1.29 is 4.74 Å². The highest BCUT2D eigenvalue weighted by Gasteiger charge is 2.35. The lowest BCUT2D eigenvalue weighted by atomic mass is 9.72. The smallest absolute Gasteiger partial charge is 0.166 e. The van der Waals surface area contributed by atoms with Gasteiger partial charge in [0.1, 0.15) is 5.75 Å². The minimum absolute atomic E-state index is 0.435. The van der Waals surface area contributed by atoms with E-state index in [-0.39, 0.29) is 0 Å². The highest BCUT2D eigenvalue weighted by molar-refractivity contribution is 7.99. The maximum Gasteiger partial charge on any atom is 0.166 e. The third-order valence-electron chi connectivity index (χ3n) is 3.93. The van der Waals surface area contributed by atoms with Gasteiger partial charge in [-0.3, -0.25) is 0 Å². The normalized spacial score (nSPS) is 17.4. The molecule has 19 heavy (non-hydrogen) atoms. The Bertz CT molecular complexity index is 572. The van der Waals surface area contributed by atoms with E-state index >= 15 is 0 Å². The summed E-state index contributed by atoms with van der Waals surface area (Å²) in [5, 5.41) is 0.997. The van der Waals surface area contributed by atoms with Gasteiger partial charge in [0.05, 0.1) is 18.1 Å². The standard InChI is InChI=1S/C14H18N2OS2/c1-17-10-3-4-11-12(7-10)16-13(15-11)19-9-14(8-18)5-2-6-14/h3-4,7,18H,2,5-6,8-9H2,1H3,(H,15,16). The van der Waals surface area contributed by atoms with E-state index in [2.05, 4.69) is 22.6 Å². The van der Waals surface area contributed by atoms with Crippen LogP contribution in [0.5, 0.6) is 5.75 Å². The average Bonchev–Trinajstić information content (AvgIpc) is 2.79. The molecule has 0 unspecified atom stereocenters. The predicted molar refractivity (Wildman–Crippen MR) is 83.5 cm³/mol. The van der Waals surface area contributed by atoms with Gasteiger partial charge in [0, 0.05) is 11.8 Å². The van der Waals surface area contributed by atoms with Crippen LogP contribution in [0.2, 0.25) is 0 Å². The number of benzene rings is 1. The molecule has 3 nitrogen and oxygen atoms in total. The van der Waals surface area contributed by atoms with Gasteiger partial charge in [-0.25, -0.2) is 4.98 Å². The molecular weight excluding hydrogens is 276 g/mol. The summed E-state index contributed by atoms with van der Waals surface area (Å²) in [4.78, 5) is 7.97.